The first kappa shape index (κ1) is 14.4. The molecule has 0 aliphatic carbocycles. The van der Waals surface area contributed by atoms with Crippen molar-refractivity contribution >= 4 is 17.6 Å². The maximum Gasteiger partial charge on any atom is 0.328 e. The maximum atomic E-state index is 11.9. The predicted octanol–water partition coefficient (Wildman–Crippen LogP) is 0.411. The number of esters is 1. The number of carbonyl (C=O) groups is 2. The van der Waals surface area contributed by atoms with E-state index in [9.17, 15) is 9.59 Å². The Kier molecular flexibility index (Phi) is 4.97. The molecule has 7 nitrogen and oxygen atoms in total. The fourth-order valence-electron chi connectivity index (χ4n) is 2.20. The summed E-state index contributed by atoms with van der Waals surface area (Å²) in [7, 11) is 0. The van der Waals surface area contributed by atoms with Gasteiger partial charge in [0.25, 0.3) is 5.91 Å². The summed E-state index contributed by atoms with van der Waals surface area (Å²) in [5, 5.41) is 3.88. The molecule has 0 atom stereocenters. The van der Waals surface area contributed by atoms with Gasteiger partial charge in [0.05, 0.1) is 11.9 Å². The number of rotatable bonds is 4. The first-order valence-corrected chi connectivity index (χ1v) is 6.86. The Morgan fingerprint density at radius 1 is 1.25 bits per heavy atom. The molecule has 1 aliphatic heterocycles. The number of anilines is 1. The molecule has 0 saturated carbocycles. The number of nitrogen functional groups attached to an aromatic ring is 1. The van der Waals surface area contributed by atoms with Crippen LogP contribution in [0.5, 0.6) is 0 Å². The van der Waals surface area contributed by atoms with Crippen LogP contribution in [0.2, 0.25) is 0 Å². The van der Waals surface area contributed by atoms with Crippen molar-refractivity contribution in [1.82, 2.24) is 14.7 Å². The molecule has 1 amide bonds. The van der Waals surface area contributed by atoms with Crippen LogP contribution in [-0.2, 0) is 20.9 Å². The SMILES string of the molecule is Nc1cnn(CC(=O)OCC(=O)N2CCCCCC2)c1. The molecule has 1 aromatic heterocycles. The molecule has 2 N–H and O–H groups in total. The third-order valence-electron chi connectivity index (χ3n) is 3.26. The molecular formula is C13H20N4O3. The van der Waals surface area contributed by atoms with Gasteiger partial charge in [0.1, 0.15) is 6.54 Å². The topological polar surface area (TPSA) is 90.5 Å². The zero-order valence-corrected chi connectivity index (χ0v) is 11.5. The van der Waals surface area contributed by atoms with E-state index in [-0.39, 0.29) is 19.1 Å². The van der Waals surface area contributed by atoms with Crippen LogP contribution >= 0.6 is 0 Å². The lowest BCUT2D eigenvalue weighted by Gasteiger charge is -2.19. The van der Waals surface area contributed by atoms with Gasteiger partial charge < -0.3 is 15.4 Å². The van der Waals surface area contributed by atoms with Crippen LogP contribution in [0.1, 0.15) is 25.7 Å². The Labute approximate surface area is 117 Å². The van der Waals surface area contributed by atoms with Gasteiger partial charge in [-0.3, -0.25) is 14.3 Å². The Bertz CT molecular complexity index is 464. The van der Waals surface area contributed by atoms with E-state index in [0.29, 0.717) is 5.69 Å². The van der Waals surface area contributed by atoms with Crippen molar-refractivity contribution in [3.05, 3.63) is 12.4 Å². The molecule has 1 aliphatic rings. The number of hydrogen-bond acceptors (Lipinski definition) is 5. The third-order valence-corrected chi connectivity index (χ3v) is 3.26. The molecule has 1 saturated heterocycles. The number of aromatic nitrogens is 2. The second kappa shape index (κ2) is 6.93. The highest BCUT2D eigenvalue weighted by Gasteiger charge is 2.17. The van der Waals surface area contributed by atoms with Gasteiger partial charge in [0.2, 0.25) is 0 Å². The zero-order chi connectivity index (χ0) is 14.4. The minimum atomic E-state index is -0.490. The molecule has 110 valence electrons. The van der Waals surface area contributed by atoms with Gasteiger partial charge in [-0.2, -0.15) is 5.10 Å². The van der Waals surface area contributed by atoms with Crippen molar-refractivity contribution in [2.45, 2.75) is 32.2 Å². The largest absolute Gasteiger partial charge is 0.454 e. The zero-order valence-electron chi connectivity index (χ0n) is 11.5. The molecule has 7 heteroatoms. The van der Waals surface area contributed by atoms with E-state index in [1.807, 2.05) is 0 Å². The van der Waals surface area contributed by atoms with E-state index in [1.54, 1.807) is 4.90 Å². The van der Waals surface area contributed by atoms with Crippen molar-refractivity contribution in [2.24, 2.45) is 0 Å². The fraction of sp³-hybridized carbons (Fsp3) is 0.615. The number of hydrogen-bond donors (Lipinski definition) is 1. The highest BCUT2D eigenvalue weighted by molar-refractivity contribution is 5.80. The van der Waals surface area contributed by atoms with Gasteiger partial charge >= 0.3 is 5.97 Å². The molecule has 2 heterocycles. The van der Waals surface area contributed by atoms with Gasteiger partial charge in [-0.05, 0) is 12.8 Å². The van der Waals surface area contributed by atoms with Crippen molar-refractivity contribution in [2.75, 3.05) is 25.4 Å². The minimum absolute atomic E-state index is 0.0372. The monoisotopic (exact) mass is 280 g/mol. The van der Waals surface area contributed by atoms with E-state index < -0.39 is 5.97 Å². The van der Waals surface area contributed by atoms with Crippen molar-refractivity contribution in [3.63, 3.8) is 0 Å². The van der Waals surface area contributed by atoms with E-state index in [2.05, 4.69) is 5.10 Å². The lowest BCUT2D eigenvalue weighted by Crippen LogP contribution is -2.35. The summed E-state index contributed by atoms with van der Waals surface area (Å²) >= 11 is 0. The average molecular weight is 280 g/mol. The average Bonchev–Trinajstić information content (AvgIpc) is 2.69. The van der Waals surface area contributed by atoms with Gasteiger partial charge in [0, 0.05) is 19.3 Å². The molecule has 1 fully saturated rings. The summed E-state index contributed by atoms with van der Waals surface area (Å²) in [6.45, 7) is 1.28. The van der Waals surface area contributed by atoms with Gasteiger partial charge in [-0.1, -0.05) is 12.8 Å². The predicted molar refractivity (Wildman–Crippen MR) is 72.6 cm³/mol. The lowest BCUT2D eigenvalue weighted by atomic mass is 10.2. The van der Waals surface area contributed by atoms with E-state index in [4.69, 9.17) is 10.5 Å². The number of ether oxygens (including phenoxy) is 1. The fourth-order valence-corrected chi connectivity index (χ4v) is 2.20. The van der Waals surface area contributed by atoms with Crippen LogP contribution in [0.4, 0.5) is 5.69 Å². The summed E-state index contributed by atoms with van der Waals surface area (Å²) in [5.74, 6) is -0.614. The quantitative estimate of drug-likeness (QED) is 0.807. The highest BCUT2D eigenvalue weighted by Crippen LogP contribution is 2.09. The smallest absolute Gasteiger partial charge is 0.328 e. The number of amides is 1. The van der Waals surface area contributed by atoms with Gasteiger partial charge in [0.15, 0.2) is 6.61 Å². The Morgan fingerprint density at radius 3 is 2.55 bits per heavy atom. The number of nitrogens with two attached hydrogens (primary N) is 1. The normalized spacial score (nSPS) is 15.7. The summed E-state index contributed by atoms with van der Waals surface area (Å²) in [5.41, 5.74) is 5.98. The first-order chi connectivity index (χ1) is 9.65. The number of likely N-dealkylation sites (tertiary alicyclic amines) is 1. The standard InChI is InChI=1S/C13H20N4O3/c14-11-7-15-17(8-11)9-13(19)20-10-12(18)16-5-3-1-2-4-6-16/h7-8H,1-6,9-10,14H2. The summed E-state index contributed by atoms with van der Waals surface area (Å²) in [6.07, 6.45) is 7.35. The molecule has 2 rings (SSSR count). The van der Waals surface area contributed by atoms with Crippen molar-refractivity contribution in [3.8, 4) is 0 Å². The van der Waals surface area contributed by atoms with Gasteiger partial charge in [-0.15, -0.1) is 0 Å². The van der Waals surface area contributed by atoms with E-state index in [1.165, 1.54) is 17.1 Å². The molecule has 20 heavy (non-hydrogen) atoms. The van der Waals surface area contributed by atoms with Crippen molar-refractivity contribution in [1.29, 1.82) is 0 Å². The summed E-state index contributed by atoms with van der Waals surface area (Å²) in [4.78, 5) is 25.3. The molecule has 0 aromatic carbocycles. The number of carbonyl (C=O) groups excluding carboxylic acids is 2. The van der Waals surface area contributed by atoms with E-state index >= 15 is 0 Å². The van der Waals surface area contributed by atoms with Crippen LogP contribution in [0.15, 0.2) is 12.4 Å². The van der Waals surface area contributed by atoms with Crippen molar-refractivity contribution < 1.29 is 14.3 Å². The summed E-state index contributed by atoms with van der Waals surface area (Å²) in [6, 6.07) is 0. The molecule has 1 aromatic rings. The summed E-state index contributed by atoms with van der Waals surface area (Å²) < 4.78 is 6.36. The minimum Gasteiger partial charge on any atom is -0.454 e. The van der Waals surface area contributed by atoms with Gasteiger partial charge in [-0.25, -0.2) is 0 Å². The Balaban J connectivity index is 1.73. The molecule has 0 bridgehead atoms. The second-order valence-corrected chi connectivity index (χ2v) is 4.93. The molecule has 0 spiro atoms. The Hall–Kier alpha value is -2.05. The second-order valence-electron chi connectivity index (χ2n) is 4.93. The third kappa shape index (κ3) is 4.25. The lowest BCUT2D eigenvalue weighted by molar-refractivity contribution is -0.152. The highest BCUT2D eigenvalue weighted by atomic mass is 16.5. The molecule has 0 radical (unpaired) electrons. The molecular weight excluding hydrogens is 260 g/mol. The first-order valence-electron chi connectivity index (χ1n) is 6.86. The number of nitrogens with zero attached hydrogens (tertiary/aromatic N) is 3. The molecule has 0 unspecified atom stereocenters. The van der Waals surface area contributed by atoms with E-state index in [0.717, 1.165) is 38.8 Å². The Morgan fingerprint density at radius 2 is 1.95 bits per heavy atom. The van der Waals surface area contributed by atoms with Crippen LogP contribution in [0.25, 0.3) is 0 Å². The van der Waals surface area contributed by atoms with Crippen LogP contribution in [-0.4, -0.2) is 46.3 Å². The van der Waals surface area contributed by atoms with Crippen LogP contribution < -0.4 is 5.73 Å². The van der Waals surface area contributed by atoms with Crippen LogP contribution in [0, 0.1) is 0 Å². The maximum absolute atomic E-state index is 11.9. The van der Waals surface area contributed by atoms with Crippen LogP contribution in [0.3, 0.4) is 0 Å².